The Labute approximate surface area is 261 Å². The van der Waals surface area contributed by atoms with Crippen molar-refractivity contribution < 1.29 is 28.6 Å². The SMILES string of the molecule is [B][C@@](O)(c1cc(F)c2c(c1)C(=O)N(Cc1ccc(Cl)cc1)[C@@]2(OC)c1ccc(Cl)cc1)C1CCN(CCC(=O)OC)CC1. The molecule has 11 heteroatoms. The maximum absolute atomic E-state index is 16.4. The second-order valence-electron chi connectivity index (χ2n) is 11.0. The zero-order chi connectivity index (χ0) is 30.9. The predicted octanol–water partition coefficient (Wildman–Crippen LogP) is 5.22. The fraction of sp³-hybridized carbons (Fsp3) is 0.375. The van der Waals surface area contributed by atoms with E-state index in [9.17, 15) is 14.7 Å². The number of methoxy groups -OCH3 is 2. The quantitative estimate of drug-likeness (QED) is 0.260. The summed E-state index contributed by atoms with van der Waals surface area (Å²) in [4.78, 5) is 29.2. The predicted molar refractivity (Wildman–Crippen MR) is 162 cm³/mol. The van der Waals surface area contributed by atoms with E-state index in [2.05, 4.69) is 4.90 Å². The van der Waals surface area contributed by atoms with E-state index in [-0.39, 0.29) is 35.6 Å². The van der Waals surface area contributed by atoms with Crippen molar-refractivity contribution in [1.29, 1.82) is 0 Å². The van der Waals surface area contributed by atoms with Crippen LogP contribution in [0.3, 0.4) is 0 Å². The molecule has 2 radical (unpaired) electrons. The van der Waals surface area contributed by atoms with Crippen LogP contribution in [-0.4, -0.2) is 68.5 Å². The summed E-state index contributed by atoms with van der Waals surface area (Å²) in [5.41, 5.74) is -2.04. The lowest BCUT2D eigenvalue weighted by Gasteiger charge is -2.41. The van der Waals surface area contributed by atoms with Gasteiger partial charge >= 0.3 is 5.97 Å². The van der Waals surface area contributed by atoms with Gasteiger partial charge in [-0.15, -0.1) is 0 Å². The van der Waals surface area contributed by atoms with Crippen molar-refractivity contribution in [1.82, 2.24) is 9.80 Å². The number of benzene rings is 3. The summed E-state index contributed by atoms with van der Waals surface area (Å²) >= 11 is 12.3. The number of amides is 1. The number of aliphatic hydroxyl groups is 1. The van der Waals surface area contributed by atoms with Gasteiger partial charge in [-0.05, 0) is 79.4 Å². The Bertz CT molecular complexity index is 1500. The molecule has 43 heavy (non-hydrogen) atoms. The van der Waals surface area contributed by atoms with E-state index in [1.165, 1.54) is 31.3 Å². The van der Waals surface area contributed by atoms with Crippen LogP contribution in [0.15, 0.2) is 60.7 Å². The Morgan fingerprint density at radius 1 is 1.07 bits per heavy atom. The van der Waals surface area contributed by atoms with Gasteiger partial charge in [-0.2, -0.15) is 0 Å². The zero-order valence-corrected chi connectivity index (χ0v) is 25.5. The molecule has 0 aromatic heterocycles. The first kappa shape index (κ1) is 31.5. The molecular weight excluding hydrogens is 593 g/mol. The van der Waals surface area contributed by atoms with Gasteiger partial charge in [0.05, 0.1) is 30.2 Å². The molecule has 7 nitrogen and oxygen atoms in total. The minimum atomic E-state index is -1.90. The van der Waals surface area contributed by atoms with Gasteiger partial charge in [-0.25, -0.2) is 4.39 Å². The van der Waals surface area contributed by atoms with Crippen molar-refractivity contribution in [2.45, 2.75) is 37.0 Å². The molecular formula is C32H32BCl2FN2O5. The Morgan fingerprint density at radius 3 is 2.26 bits per heavy atom. The summed E-state index contributed by atoms with van der Waals surface area (Å²) in [5, 5.41) is 12.6. The maximum atomic E-state index is 16.4. The molecule has 1 N–H and O–H groups in total. The Morgan fingerprint density at radius 2 is 1.67 bits per heavy atom. The second kappa shape index (κ2) is 12.6. The van der Waals surface area contributed by atoms with Crippen LogP contribution in [-0.2, 0) is 32.0 Å². The summed E-state index contributed by atoms with van der Waals surface area (Å²) in [7, 11) is 9.30. The number of piperidine rings is 1. The molecule has 2 aliphatic heterocycles. The number of rotatable bonds is 9. The summed E-state index contributed by atoms with van der Waals surface area (Å²) in [6.07, 6.45) is 1.32. The first-order valence-electron chi connectivity index (χ1n) is 14.0. The molecule has 1 fully saturated rings. The third-order valence-corrected chi connectivity index (χ3v) is 9.11. The third-order valence-electron chi connectivity index (χ3n) is 8.60. The van der Waals surface area contributed by atoms with Crippen molar-refractivity contribution in [3.05, 3.63) is 104 Å². The lowest BCUT2D eigenvalue weighted by Crippen LogP contribution is -2.46. The lowest BCUT2D eigenvalue weighted by molar-refractivity contribution is -0.141. The molecule has 2 aliphatic rings. The topological polar surface area (TPSA) is 79.3 Å². The Hall–Kier alpha value is -2.95. The van der Waals surface area contributed by atoms with Crippen molar-refractivity contribution >= 4 is 42.9 Å². The molecule has 224 valence electrons. The van der Waals surface area contributed by atoms with Gasteiger partial charge in [0.15, 0.2) is 5.72 Å². The number of fused-ring (bicyclic) bond motifs is 1. The van der Waals surface area contributed by atoms with Crippen LogP contribution >= 0.6 is 23.2 Å². The molecule has 0 unspecified atom stereocenters. The Kier molecular flexibility index (Phi) is 9.21. The van der Waals surface area contributed by atoms with Gasteiger partial charge in [0, 0.05) is 35.8 Å². The Balaban J connectivity index is 1.51. The smallest absolute Gasteiger partial charge is 0.306 e. The molecule has 3 aromatic rings. The highest BCUT2D eigenvalue weighted by molar-refractivity contribution is 6.30. The molecule has 0 aliphatic carbocycles. The number of halogens is 3. The summed E-state index contributed by atoms with van der Waals surface area (Å²) < 4.78 is 27.2. The van der Waals surface area contributed by atoms with Gasteiger partial charge < -0.3 is 19.5 Å². The molecule has 0 saturated carbocycles. The number of likely N-dealkylation sites (tertiary alicyclic amines) is 1. The lowest BCUT2D eigenvalue weighted by atomic mass is 9.63. The van der Waals surface area contributed by atoms with Crippen LogP contribution in [0.1, 0.15) is 51.9 Å². The van der Waals surface area contributed by atoms with E-state index >= 15 is 4.39 Å². The number of hydrogen-bond acceptors (Lipinski definition) is 6. The van der Waals surface area contributed by atoms with E-state index in [1.807, 2.05) is 0 Å². The van der Waals surface area contributed by atoms with Gasteiger partial charge in [0.25, 0.3) is 5.91 Å². The zero-order valence-electron chi connectivity index (χ0n) is 24.0. The number of hydrogen-bond donors (Lipinski definition) is 1. The number of ether oxygens (including phenoxy) is 2. The van der Waals surface area contributed by atoms with Crippen molar-refractivity contribution in [3.8, 4) is 0 Å². The molecule has 1 saturated heterocycles. The molecule has 3 aromatic carbocycles. The minimum absolute atomic E-state index is 0.0356. The number of carbonyl (C=O) groups is 2. The third kappa shape index (κ3) is 5.93. The minimum Gasteiger partial charge on any atom is -0.469 e. The van der Waals surface area contributed by atoms with E-state index in [4.69, 9.17) is 40.5 Å². The van der Waals surface area contributed by atoms with Crippen LogP contribution in [0.4, 0.5) is 4.39 Å². The average molecular weight is 625 g/mol. The summed E-state index contributed by atoms with van der Waals surface area (Å²) in [6.45, 7) is 1.84. The van der Waals surface area contributed by atoms with Gasteiger partial charge in [0.2, 0.25) is 0 Å². The highest BCUT2D eigenvalue weighted by atomic mass is 35.5. The number of nitrogens with zero attached hydrogens (tertiary/aromatic N) is 2. The molecule has 5 rings (SSSR count). The second-order valence-corrected chi connectivity index (χ2v) is 11.9. The van der Waals surface area contributed by atoms with E-state index < -0.39 is 28.9 Å². The average Bonchev–Trinajstić information content (AvgIpc) is 3.25. The van der Waals surface area contributed by atoms with E-state index in [0.29, 0.717) is 48.1 Å². The monoisotopic (exact) mass is 624 g/mol. The van der Waals surface area contributed by atoms with Gasteiger partial charge in [0.1, 0.15) is 13.7 Å². The fourth-order valence-corrected chi connectivity index (χ4v) is 6.47. The van der Waals surface area contributed by atoms with Crippen molar-refractivity contribution in [3.63, 3.8) is 0 Å². The fourth-order valence-electron chi connectivity index (χ4n) is 6.22. The van der Waals surface area contributed by atoms with Crippen LogP contribution in [0.25, 0.3) is 0 Å². The highest BCUT2D eigenvalue weighted by Crippen LogP contribution is 2.48. The molecule has 2 atom stereocenters. The number of carbonyl (C=O) groups excluding carboxylic acids is 2. The maximum Gasteiger partial charge on any atom is 0.306 e. The van der Waals surface area contributed by atoms with Crippen LogP contribution in [0.2, 0.25) is 10.0 Å². The molecule has 1 amide bonds. The first-order valence-corrected chi connectivity index (χ1v) is 14.8. The van der Waals surface area contributed by atoms with Crippen LogP contribution in [0.5, 0.6) is 0 Å². The van der Waals surface area contributed by atoms with Crippen LogP contribution < -0.4 is 0 Å². The molecule has 0 bridgehead atoms. The van der Waals surface area contributed by atoms with Crippen molar-refractivity contribution in [2.75, 3.05) is 33.9 Å². The largest absolute Gasteiger partial charge is 0.469 e. The van der Waals surface area contributed by atoms with Gasteiger partial charge in [-0.3, -0.25) is 14.5 Å². The first-order chi connectivity index (χ1) is 20.5. The van der Waals surface area contributed by atoms with Crippen molar-refractivity contribution in [2.24, 2.45) is 5.92 Å². The normalized spacial score (nSPS) is 20.6. The van der Waals surface area contributed by atoms with E-state index in [1.54, 1.807) is 48.5 Å². The summed E-state index contributed by atoms with van der Waals surface area (Å²) in [5.74, 6) is -1.89. The standard InChI is InChI=1S/C32H32BCl2FN2O5/c1-42-28(39)13-16-37-14-11-21(12-15-37)31(33,41)23-17-26-29(27(36)18-23)32(43-2,22-5-9-25(35)10-6-22)38(30(26)40)19-20-3-7-24(34)8-4-20/h3-10,17-18,21,41H,11-16,19H2,1-2H3/t31-,32+/m0/s1. The molecule has 0 spiro atoms. The van der Waals surface area contributed by atoms with E-state index in [0.717, 1.165) is 5.56 Å². The highest BCUT2D eigenvalue weighted by Gasteiger charge is 2.54. The van der Waals surface area contributed by atoms with Crippen LogP contribution in [0, 0.1) is 11.7 Å². The van der Waals surface area contributed by atoms with Gasteiger partial charge in [-0.1, -0.05) is 47.5 Å². The number of esters is 1. The summed E-state index contributed by atoms with van der Waals surface area (Å²) in [6, 6.07) is 16.4. The molecule has 2 heterocycles.